The molecule has 2 aromatic carbocycles. The smallest absolute Gasteiger partial charge is 0.233 e. The van der Waals surface area contributed by atoms with Crippen LogP contribution in [-0.4, -0.2) is 63.9 Å². The van der Waals surface area contributed by atoms with E-state index >= 15 is 0 Å². The van der Waals surface area contributed by atoms with Crippen LogP contribution in [0, 0.1) is 0 Å². The number of benzene rings is 2. The summed E-state index contributed by atoms with van der Waals surface area (Å²) in [5.41, 5.74) is 1.36. The Hall–Kier alpha value is -1.65. The average molecular weight is 500 g/mol. The normalized spacial score (nSPS) is 11.5. The first-order valence-corrected chi connectivity index (χ1v) is 13.3. The van der Waals surface area contributed by atoms with Crippen LogP contribution in [-0.2, 0) is 21.1 Å². The van der Waals surface area contributed by atoms with E-state index < -0.39 is 9.84 Å². The maximum absolute atomic E-state index is 13.2. The van der Waals surface area contributed by atoms with E-state index in [0.717, 1.165) is 15.2 Å². The zero-order valence-corrected chi connectivity index (χ0v) is 21.1. The van der Waals surface area contributed by atoms with Gasteiger partial charge in [-0.2, -0.15) is 0 Å². The van der Waals surface area contributed by atoms with Crippen molar-refractivity contribution in [1.82, 2.24) is 9.88 Å². The van der Waals surface area contributed by atoms with Gasteiger partial charge in [0.1, 0.15) is 5.52 Å². The molecule has 1 aromatic heterocycles. The first-order valence-electron chi connectivity index (χ1n) is 9.36. The lowest BCUT2D eigenvalue weighted by Crippen LogP contribution is -2.37. The predicted octanol–water partition coefficient (Wildman–Crippen LogP) is 3.98. The zero-order valence-electron chi connectivity index (χ0n) is 17.9. The van der Waals surface area contributed by atoms with E-state index in [4.69, 9.17) is 0 Å². The third kappa shape index (κ3) is 6.43. The molecule has 0 fully saturated rings. The Morgan fingerprint density at radius 3 is 2.35 bits per heavy atom. The number of fused-ring (bicyclic) bond motifs is 1. The molecule has 0 aliphatic heterocycles. The highest BCUT2D eigenvalue weighted by Gasteiger charge is 2.22. The quantitative estimate of drug-likeness (QED) is 0.436. The van der Waals surface area contributed by atoms with Gasteiger partial charge in [-0.15, -0.1) is 24.2 Å². The number of thioether (sulfide) groups is 1. The molecule has 1 heterocycles. The molecule has 6 nitrogen and oxygen atoms in total. The van der Waals surface area contributed by atoms with E-state index in [-0.39, 0.29) is 29.6 Å². The molecule has 0 radical (unpaired) electrons. The molecule has 0 saturated heterocycles. The van der Waals surface area contributed by atoms with Crippen molar-refractivity contribution in [3.8, 4) is 0 Å². The molecule has 10 heteroatoms. The highest BCUT2D eigenvalue weighted by atomic mass is 35.5. The number of aromatic nitrogens is 1. The molecule has 0 unspecified atom stereocenters. The molecule has 0 saturated carbocycles. The maximum Gasteiger partial charge on any atom is 0.233 e. The predicted molar refractivity (Wildman–Crippen MR) is 133 cm³/mol. The van der Waals surface area contributed by atoms with Gasteiger partial charge in [0.2, 0.25) is 5.91 Å². The average Bonchev–Trinajstić information content (AvgIpc) is 3.11. The number of rotatable bonds is 8. The fourth-order valence-corrected chi connectivity index (χ4v) is 5.31. The molecular weight excluding hydrogens is 474 g/mol. The van der Waals surface area contributed by atoms with Gasteiger partial charge in [0.05, 0.1) is 16.0 Å². The lowest BCUT2D eigenvalue weighted by atomic mass is 10.1. The Bertz CT molecular complexity index is 1150. The fraction of sp³-hybridized carbons (Fsp3) is 0.333. The molecule has 0 atom stereocenters. The Kier molecular flexibility index (Phi) is 8.91. The standard InChI is InChI=1S/C21H25N3O3S3.ClH/c1-23(2)12-13-24(19(25)14-15-8-10-16(28-3)11-9-15)21-22-20-17(29-21)6-5-7-18(20)30(4,26)27;/h5-11H,12-14H2,1-4H3;1H. The fourth-order valence-electron chi connectivity index (χ4n) is 2.97. The number of carbonyl (C=O) groups excluding carboxylic acids is 1. The summed E-state index contributed by atoms with van der Waals surface area (Å²) in [6.45, 7) is 1.15. The second-order valence-electron chi connectivity index (χ2n) is 7.25. The Morgan fingerprint density at radius 1 is 1.10 bits per heavy atom. The van der Waals surface area contributed by atoms with Crippen molar-refractivity contribution in [1.29, 1.82) is 0 Å². The second kappa shape index (κ2) is 10.8. The third-order valence-corrected chi connectivity index (χ3v) is 7.50. The minimum atomic E-state index is -3.41. The van der Waals surface area contributed by atoms with E-state index in [9.17, 15) is 13.2 Å². The van der Waals surface area contributed by atoms with Crippen LogP contribution >= 0.6 is 35.5 Å². The van der Waals surface area contributed by atoms with Gasteiger partial charge in [-0.25, -0.2) is 13.4 Å². The number of carbonyl (C=O) groups is 1. The Morgan fingerprint density at radius 2 is 1.77 bits per heavy atom. The number of likely N-dealkylation sites (N-methyl/N-ethyl adjacent to an activating group) is 1. The van der Waals surface area contributed by atoms with Crippen molar-refractivity contribution in [2.24, 2.45) is 0 Å². The highest BCUT2D eigenvalue weighted by Crippen LogP contribution is 2.33. The topological polar surface area (TPSA) is 70.6 Å². The minimum Gasteiger partial charge on any atom is -0.308 e. The van der Waals surface area contributed by atoms with Crippen LogP contribution < -0.4 is 4.90 Å². The van der Waals surface area contributed by atoms with Crippen LogP contribution in [0.25, 0.3) is 10.2 Å². The van der Waals surface area contributed by atoms with Crippen LogP contribution in [0.2, 0.25) is 0 Å². The number of sulfone groups is 1. The summed E-state index contributed by atoms with van der Waals surface area (Å²) >= 11 is 3.00. The number of halogens is 1. The van der Waals surface area contributed by atoms with Gasteiger partial charge >= 0.3 is 0 Å². The van der Waals surface area contributed by atoms with Crippen LogP contribution in [0.1, 0.15) is 5.56 Å². The highest BCUT2D eigenvalue weighted by molar-refractivity contribution is 7.98. The minimum absolute atomic E-state index is 0. The summed E-state index contributed by atoms with van der Waals surface area (Å²) in [4.78, 5) is 22.8. The van der Waals surface area contributed by atoms with Crippen LogP contribution in [0.3, 0.4) is 0 Å². The summed E-state index contributed by atoms with van der Waals surface area (Å²) in [7, 11) is 0.484. The largest absolute Gasteiger partial charge is 0.308 e. The summed E-state index contributed by atoms with van der Waals surface area (Å²) in [6.07, 6.45) is 3.45. The molecule has 31 heavy (non-hydrogen) atoms. The molecule has 0 bridgehead atoms. The number of amides is 1. The summed E-state index contributed by atoms with van der Waals surface area (Å²) in [5.74, 6) is -0.0614. The van der Waals surface area contributed by atoms with Crippen molar-refractivity contribution >= 4 is 66.6 Å². The van der Waals surface area contributed by atoms with Gasteiger partial charge in [0.15, 0.2) is 15.0 Å². The van der Waals surface area contributed by atoms with Gasteiger partial charge in [-0.05, 0) is 50.2 Å². The van der Waals surface area contributed by atoms with E-state index in [1.54, 1.807) is 28.8 Å². The zero-order chi connectivity index (χ0) is 21.9. The number of hydrogen-bond donors (Lipinski definition) is 0. The first-order chi connectivity index (χ1) is 14.2. The maximum atomic E-state index is 13.2. The van der Waals surface area contributed by atoms with Crippen molar-refractivity contribution in [3.63, 3.8) is 0 Å². The van der Waals surface area contributed by atoms with Gasteiger partial charge in [0.25, 0.3) is 0 Å². The van der Waals surface area contributed by atoms with Gasteiger partial charge < -0.3 is 4.90 Å². The van der Waals surface area contributed by atoms with Crippen molar-refractivity contribution in [3.05, 3.63) is 48.0 Å². The van der Waals surface area contributed by atoms with Crippen molar-refractivity contribution < 1.29 is 13.2 Å². The van der Waals surface area contributed by atoms with Gasteiger partial charge in [-0.3, -0.25) is 9.69 Å². The summed E-state index contributed by atoms with van der Waals surface area (Å²) in [5, 5.41) is 0.522. The SMILES string of the molecule is CSc1ccc(CC(=O)N(CCN(C)C)c2nc3c(S(C)(=O)=O)cccc3s2)cc1.Cl. The first kappa shape index (κ1) is 25.6. The summed E-state index contributed by atoms with van der Waals surface area (Å²) < 4.78 is 25.0. The molecule has 0 spiro atoms. The van der Waals surface area contributed by atoms with E-state index in [1.165, 1.54) is 17.6 Å². The van der Waals surface area contributed by atoms with E-state index in [2.05, 4.69) is 4.98 Å². The monoisotopic (exact) mass is 499 g/mol. The molecule has 168 valence electrons. The van der Waals surface area contributed by atoms with Crippen LogP contribution in [0.5, 0.6) is 0 Å². The molecule has 3 rings (SSSR count). The molecule has 0 N–H and O–H groups in total. The lowest BCUT2D eigenvalue weighted by Gasteiger charge is -2.22. The Balaban J connectivity index is 0.00000341. The third-order valence-electron chi connectivity index (χ3n) is 4.59. The number of hydrogen-bond acceptors (Lipinski definition) is 7. The van der Waals surface area contributed by atoms with Gasteiger partial charge in [-0.1, -0.05) is 29.5 Å². The number of anilines is 1. The van der Waals surface area contributed by atoms with Crippen LogP contribution in [0.4, 0.5) is 5.13 Å². The van der Waals surface area contributed by atoms with Gasteiger partial charge in [0, 0.05) is 24.2 Å². The van der Waals surface area contributed by atoms with E-state index in [1.807, 2.05) is 55.6 Å². The molecule has 0 aliphatic carbocycles. The second-order valence-corrected chi connectivity index (χ2v) is 11.1. The summed E-state index contributed by atoms with van der Waals surface area (Å²) in [6, 6.07) is 13.0. The Labute approximate surface area is 198 Å². The number of nitrogens with zero attached hydrogens (tertiary/aromatic N) is 3. The van der Waals surface area contributed by atoms with Crippen LogP contribution in [0.15, 0.2) is 52.3 Å². The molecular formula is C21H26ClN3O3S3. The number of para-hydroxylation sites is 1. The number of thiazole rings is 1. The van der Waals surface area contributed by atoms with Crippen molar-refractivity contribution in [2.75, 3.05) is 44.6 Å². The molecule has 0 aliphatic rings. The van der Waals surface area contributed by atoms with Crippen molar-refractivity contribution in [2.45, 2.75) is 16.2 Å². The molecule has 1 amide bonds. The van der Waals surface area contributed by atoms with E-state index in [0.29, 0.717) is 23.7 Å². The molecule has 3 aromatic rings. The lowest BCUT2D eigenvalue weighted by molar-refractivity contribution is -0.118.